The molecule has 1 aromatic heterocycles. The number of hydrogen-bond acceptors (Lipinski definition) is 4. The number of aliphatic imine (C=N–C) groups is 1. The van der Waals surface area contributed by atoms with Crippen LogP contribution < -0.4 is 11.2 Å². The van der Waals surface area contributed by atoms with Gasteiger partial charge in [-0.05, 0) is 24.0 Å². The van der Waals surface area contributed by atoms with Gasteiger partial charge in [-0.2, -0.15) is 0 Å². The lowest BCUT2D eigenvalue weighted by molar-refractivity contribution is 0.410. The molecule has 0 atom stereocenters. The van der Waals surface area contributed by atoms with E-state index in [1.54, 1.807) is 0 Å². The van der Waals surface area contributed by atoms with Gasteiger partial charge in [-0.3, -0.25) is 18.9 Å². The predicted molar refractivity (Wildman–Crippen MR) is 120 cm³/mol. The van der Waals surface area contributed by atoms with E-state index in [4.69, 9.17) is 0 Å². The van der Waals surface area contributed by atoms with Crippen molar-refractivity contribution in [2.75, 3.05) is 6.54 Å². The molecule has 0 aliphatic rings. The highest BCUT2D eigenvalue weighted by Crippen LogP contribution is 2.28. The first-order valence-electron chi connectivity index (χ1n) is 10.1. The first-order chi connectivity index (χ1) is 14.5. The van der Waals surface area contributed by atoms with E-state index in [1.807, 2.05) is 43.3 Å². The zero-order chi connectivity index (χ0) is 21.7. The molecule has 0 saturated heterocycles. The van der Waals surface area contributed by atoms with Gasteiger partial charge in [-0.25, -0.2) is 4.79 Å². The molecular weight excluding hydrogens is 378 g/mol. The zero-order valence-corrected chi connectivity index (χ0v) is 17.6. The number of aromatic hydroxyl groups is 1. The average molecular weight is 405 g/mol. The van der Waals surface area contributed by atoms with Gasteiger partial charge in [0.1, 0.15) is 5.56 Å². The third-order valence-corrected chi connectivity index (χ3v) is 5.38. The highest BCUT2D eigenvalue weighted by molar-refractivity contribution is 6.01. The topological polar surface area (TPSA) is 76.6 Å². The van der Waals surface area contributed by atoms with Crippen LogP contribution >= 0.6 is 0 Å². The summed E-state index contributed by atoms with van der Waals surface area (Å²) in [4.78, 5) is 29.3. The van der Waals surface area contributed by atoms with Crippen LogP contribution in [0.25, 0.3) is 0 Å². The van der Waals surface area contributed by atoms with Crippen molar-refractivity contribution in [1.29, 1.82) is 0 Å². The second-order valence-corrected chi connectivity index (χ2v) is 7.25. The Labute approximate surface area is 175 Å². The van der Waals surface area contributed by atoms with Crippen LogP contribution in [0.4, 0.5) is 0 Å². The molecular formula is C24H27N3O3. The van der Waals surface area contributed by atoms with Gasteiger partial charge in [0.15, 0.2) is 0 Å². The van der Waals surface area contributed by atoms with E-state index < -0.39 is 11.2 Å². The molecule has 6 heteroatoms. The maximum atomic E-state index is 12.6. The number of nitrogens with zero attached hydrogens (tertiary/aromatic N) is 3. The van der Waals surface area contributed by atoms with Gasteiger partial charge in [0.2, 0.25) is 5.88 Å². The quantitative estimate of drug-likeness (QED) is 0.613. The molecule has 0 unspecified atom stereocenters. The van der Waals surface area contributed by atoms with E-state index in [0.29, 0.717) is 18.7 Å². The Bertz CT molecular complexity index is 1110. The number of hydrogen-bond donors (Lipinski definition) is 1. The minimum absolute atomic E-state index is 0.0954. The van der Waals surface area contributed by atoms with Crippen molar-refractivity contribution in [3.8, 4) is 5.88 Å². The molecule has 0 aliphatic heterocycles. The summed E-state index contributed by atoms with van der Waals surface area (Å²) in [6, 6.07) is 20.5. The summed E-state index contributed by atoms with van der Waals surface area (Å²) in [5.41, 5.74) is 1.92. The molecule has 6 nitrogen and oxygen atoms in total. The van der Waals surface area contributed by atoms with Gasteiger partial charge >= 0.3 is 5.69 Å². The maximum Gasteiger partial charge on any atom is 0.333 e. The maximum absolute atomic E-state index is 12.6. The van der Waals surface area contributed by atoms with Crippen LogP contribution in [0.5, 0.6) is 5.88 Å². The van der Waals surface area contributed by atoms with E-state index in [2.05, 4.69) is 29.3 Å². The molecule has 3 aromatic rings. The molecule has 156 valence electrons. The molecule has 1 N–H and O–H groups in total. The van der Waals surface area contributed by atoms with Gasteiger partial charge in [0.05, 0.1) is 5.71 Å². The van der Waals surface area contributed by atoms with Crippen LogP contribution in [0.1, 0.15) is 42.4 Å². The third kappa shape index (κ3) is 4.27. The third-order valence-electron chi connectivity index (χ3n) is 5.38. The minimum Gasteiger partial charge on any atom is -0.494 e. The lowest BCUT2D eigenvalue weighted by Gasteiger charge is -2.17. The summed E-state index contributed by atoms with van der Waals surface area (Å²) in [5, 5.41) is 10.4. The van der Waals surface area contributed by atoms with Gasteiger partial charge < -0.3 is 5.11 Å². The number of benzene rings is 2. The normalized spacial score (nSPS) is 11.8. The van der Waals surface area contributed by atoms with Gasteiger partial charge in [0.25, 0.3) is 5.56 Å². The Morgan fingerprint density at radius 3 is 1.97 bits per heavy atom. The van der Waals surface area contributed by atoms with Crippen molar-refractivity contribution in [1.82, 2.24) is 9.13 Å². The van der Waals surface area contributed by atoms with Gasteiger partial charge in [-0.1, -0.05) is 67.6 Å². The van der Waals surface area contributed by atoms with Crippen LogP contribution in [-0.4, -0.2) is 26.5 Å². The van der Waals surface area contributed by atoms with Crippen molar-refractivity contribution in [2.24, 2.45) is 19.1 Å². The van der Waals surface area contributed by atoms with E-state index in [1.165, 1.54) is 25.2 Å². The first kappa shape index (κ1) is 21.3. The minimum atomic E-state index is -0.565. The fraction of sp³-hybridized carbons (Fsp3) is 0.292. The van der Waals surface area contributed by atoms with Crippen LogP contribution in [0, 0.1) is 0 Å². The van der Waals surface area contributed by atoms with Crippen molar-refractivity contribution in [3.05, 3.63) is 98.2 Å². The fourth-order valence-electron chi connectivity index (χ4n) is 3.68. The summed E-state index contributed by atoms with van der Waals surface area (Å²) in [6.07, 6.45) is 1.23. The molecule has 0 bridgehead atoms. The lowest BCUT2D eigenvalue weighted by Crippen LogP contribution is -2.40. The fourth-order valence-corrected chi connectivity index (χ4v) is 3.68. The van der Waals surface area contributed by atoms with Gasteiger partial charge in [0, 0.05) is 26.6 Å². The molecule has 2 aromatic carbocycles. The second kappa shape index (κ2) is 9.39. The van der Waals surface area contributed by atoms with Crippen molar-refractivity contribution < 1.29 is 5.11 Å². The SMILES string of the molecule is CCC(=NCCC(c1ccccc1)c1ccccc1)c1c(O)n(C)c(=O)n(C)c1=O. The van der Waals surface area contributed by atoms with E-state index >= 15 is 0 Å². The molecule has 1 heterocycles. The van der Waals surface area contributed by atoms with Crippen molar-refractivity contribution >= 4 is 5.71 Å². The summed E-state index contributed by atoms with van der Waals surface area (Å²) >= 11 is 0. The monoisotopic (exact) mass is 405 g/mol. The molecule has 0 saturated carbocycles. The Morgan fingerprint density at radius 2 is 1.47 bits per heavy atom. The summed E-state index contributed by atoms with van der Waals surface area (Å²) in [7, 11) is 2.84. The van der Waals surface area contributed by atoms with Crippen molar-refractivity contribution in [2.45, 2.75) is 25.7 Å². The van der Waals surface area contributed by atoms with Crippen LogP contribution in [0.3, 0.4) is 0 Å². The number of aromatic nitrogens is 2. The molecule has 0 fully saturated rings. The van der Waals surface area contributed by atoms with Gasteiger partial charge in [-0.15, -0.1) is 0 Å². The Hall–Kier alpha value is -3.41. The van der Waals surface area contributed by atoms with E-state index in [0.717, 1.165) is 15.6 Å². The van der Waals surface area contributed by atoms with E-state index in [9.17, 15) is 14.7 Å². The molecule has 0 radical (unpaired) electrons. The van der Waals surface area contributed by atoms with Crippen LogP contribution in [0.15, 0.2) is 75.2 Å². The number of rotatable bonds is 7. The summed E-state index contributed by atoms with van der Waals surface area (Å²) < 4.78 is 2.07. The highest BCUT2D eigenvalue weighted by atomic mass is 16.3. The summed E-state index contributed by atoms with van der Waals surface area (Å²) in [6.45, 7) is 2.37. The first-order valence-corrected chi connectivity index (χ1v) is 10.1. The molecule has 0 aliphatic carbocycles. The Morgan fingerprint density at radius 1 is 0.933 bits per heavy atom. The smallest absolute Gasteiger partial charge is 0.333 e. The highest BCUT2D eigenvalue weighted by Gasteiger charge is 2.19. The van der Waals surface area contributed by atoms with Crippen LogP contribution in [0.2, 0.25) is 0 Å². The molecule has 0 spiro atoms. The Kier molecular flexibility index (Phi) is 6.67. The molecule has 0 amide bonds. The van der Waals surface area contributed by atoms with Crippen molar-refractivity contribution in [3.63, 3.8) is 0 Å². The standard InChI is InChI=1S/C24H27N3O3/c1-4-20(21-22(28)26(2)24(30)27(3)23(21)29)25-16-15-19(17-11-7-5-8-12-17)18-13-9-6-10-14-18/h5-14,19,28H,4,15-16H2,1-3H3. The largest absolute Gasteiger partial charge is 0.494 e. The molecule has 30 heavy (non-hydrogen) atoms. The predicted octanol–water partition coefficient (Wildman–Crippen LogP) is 3.21. The van der Waals surface area contributed by atoms with Crippen LogP contribution in [-0.2, 0) is 14.1 Å². The summed E-state index contributed by atoms with van der Waals surface area (Å²) in [5.74, 6) is -0.169. The Balaban J connectivity index is 1.93. The molecule has 3 rings (SSSR count). The zero-order valence-electron chi connectivity index (χ0n) is 17.6. The second-order valence-electron chi connectivity index (χ2n) is 7.25. The van der Waals surface area contributed by atoms with E-state index in [-0.39, 0.29) is 17.4 Å². The lowest BCUT2D eigenvalue weighted by atomic mass is 9.88. The average Bonchev–Trinajstić information content (AvgIpc) is 2.79.